The summed E-state index contributed by atoms with van der Waals surface area (Å²) < 4.78 is 13.8. The highest BCUT2D eigenvalue weighted by molar-refractivity contribution is 5.23. The zero-order valence-electron chi connectivity index (χ0n) is 7.89. The van der Waals surface area contributed by atoms with Gasteiger partial charge < -0.3 is 11.6 Å². The third-order valence-electron chi connectivity index (χ3n) is 2.07. The van der Waals surface area contributed by atoms with Gasteiger partial charge in [-0.1, -0.05) is 12.1 Å². The zero-order valence-corrected chi connectivity index (χ0v) is 7.89. The second-order valence-corrected chi connectivity index (χ2v) is 3.15. The second-order valence-electron chi connectivity index (χ2n) is 3.15. The maximum Gasteiger partial charge on any atom is 0.240 e. The van der Waals surface area contributed by atoms with Gasteiger partial charge in [0.2, 0.25) is 5.95 Å². The molecule has 0 unspecified atom stereocenters. The second kappa shape index (κ2) is 3.56. The summed E-state index contributed by atoms with van der Waals surface area (Å²) in [5, 5.41) is 7.42. The van der Waals surface area contributed by atoms with Crippen LogP contribution < -0.4 is 11.6 Å². The fourth-order valence-electron chi connectivity index (χ4n) is 1.24. The number of benzene rings is 1. The quantitative estimate of drug-likeness (QED) is 0.694. The lowest BCUT2D eigenvalue weighted by atomic mass is 10.1. The fraction of sp³-hybridized carbons (Fsp3) is 0.111. The van der Waals surface area contributed by atoms with E-state index in [9.17, 15) is 4.39 Å². The number of nitrogen functional groups attached to an aromatic ring is 2. The lowest BCUT2D eigenvalue weighted by Gasteiger charge is -2.01. The van der Waals surface area contributed by atoms with Crippen molar-refractivity contribution in [3.8, 4) is 0 Å². The summed E-state index contributed by atoms with van der Waals surface area (Å²) in [6.45, 7) is 0. The zero-order chi connectivity index (χ0) is 10.8. The van der Waals surface area contributed by atoms with E-state index in [4.69, 9.17) is 11.6 Å². The highest BCUT2D eigenvalue weighted by Gasteiger charge is 2.06. The SMILES string of the molecule is Nc1nnc(Cc2ccc(F)cc2)n1N. The van der Waals surface area contributed by atoms with E-state index in [0.717, 1.165) is 5.56 Å². The van der Waals surface area contributed by atoms with E-state index >= 15 is 0 Å². The first kappa shape index (κ1) is 9.45. The lowest BCUT2D eigenvalue weighted by Crippen LogP contribution is -2.15. The molecule has 1 aromatic heterocycles. The largest absolute Gasteiger partial charge is 0.366 e. The summed E-state index contributed by atoms with van der Waals surface area (Å²) in [7, 11) is 0. The fourth-order valence-corrected chi connectivity index (χ4v) is 1.24. The molecule has 0 aliphatic heterocycles. The van der Waals surface area contributed by atoms with Crippen molar-refractivity contribution in [3.05, 3.63) is 41.5 Å². The lowest BCUT2D eigenvalue weighted by molar-refractivity contribution is 0.627. The monoisotopic (exact) mass is 207 g/mol. The summed E-state index contributed by atoms with van der Waals surface area (Å²) in [5.74, 6) is 6.00. The predicted molar refractivity (Wildman–Crippen MR) is 53.8 cm³/mol. The average molecular weight is 207 g/mol. The van der Waals surface area contributed by atoms with Crippen LogP contribution in [0.1, 0.15) is 11.4 Å². The number of rotatable bonds is 2. The first-order valence-corrected chi connectivity index (χ1v) is 4.36. The first-order chi connectivity index (χ1) is 7.16. The smallest absolute Gasteiger partial charge is 0.240 e. The van der Waals surface area contributed by atoms with Gasteiger partial charge in [-0.3, -0.25) is 0 Å². The minimum Gasteiger partial charge on any atom is -0.366 e. The molecular formula is C9H10FN5. The van der Waals surface area contributed by atoms with Gasteiger partial charge in [-0.15, -0.1) is 10.2 Å². The van der Waals surface area contributed by atoms with Gasteiger partial charge >= 0.3 is 0 Å². The molecular weight excluding hydrogens is 197 g/mol. The van der Waals surface area contributed by atoms with Gasteiger partial charge in [-0.2, -0.15) is 0 Å². The van der Waals surface area contributed by atoms with Gasteiger partial charge in [-0.25, -0.2) is 9.07 Å². The molecule has 0 radical (unpaired) electrons. The van der Waals surface area contributed by atoms with E-state index in [2.05, 4.69) is 10.2 Å². The predicted octanol–water partition coefficient (Wildman–Crippen LogP) is 0.304. The molecule has 0 aliphatic carbocycles. The maximum atomic E-state index is 12.6. The van der Waals surface area contributed by atoms with Crippen molar-refractivity contribution < 1.29 is 4.39 Å². The Morgan fingerprint density at radius 3 is 2.40 bits per heavy atom. The van der Waals surface area contributed by atoms with Gasteiger partial charge in [0, 0.05) is 6.42 Å². The van der Waals surface area contributed by atoms with E-state index in [1.165, 1.54) is 16.8 Å². The molecule has 78 valence electrons. The molecule has 0 atom stereocenters. The molecule has 0 spiro atoms. The molecule has 0 fully saturated rings. The van der Waals surface area contributed by atoms with Crippen molar-refractivity contribution in [2.24, 2.45) is 0 Å². The summed E-state index contributed by atoms with van der Waals surface area (Å²) >= 11 is 0. The molecule has 0 bridgehead atoms. The number of nitrogens with zero attached hydrogens (tertiary/aromatic N) is 3. The Morgan fingerprint density at radius 1 is 1.20 bits per heavy atom. The molecule has 4 N–H and O–H groups in total. The van der Waals surface area contributed by atoms with Crippen LogP contribution in [0.3, 0.4) is 0 Å². The van der Waals surface area contributed by atoms with Gasteiger partial charge in [-0.05, 0) is 17.7 Å². The van der Waals surface area contributed by atoms with Crippen LogP contribution in [0.2, 0.25) is 0 Å². The van der Waals surface area contributed by atoms with Gasteiger partial charge in [0.15, 0.2) is 5.82 Å². The highest BCUT2D eigenvalue weighted by atomic mass is 19.1. The molecule has 2 aromatic rings. The summed E-state index contributed by atoms with van der Waals surface area (Å²) in [4.78, 5) is 0. The molecule has 0 aliphatic rings. The van der Waals surface area contributed by atoms with Crippen molar-refractivity contribution in [1.82, 2.24) is 14.9 Å². The number of nitrogens with two attached hydrogens (primary N) is 2. The minimum absolute atomic E-state index is 0.159. The Hall–Kier alpha value is -2.11. The van der Waals surface area contributed by atoms with E-state index in [0.29, 0.717) is 12.2 Å². The van der Waals surface area contributed by atoms with Crippen LogP contribution in [0.25, 0.3) is 0 Å². The third kappa shape index (κ3) is 1.88. The van der Waals surface area contributed by atoms with Crippen molar-refractivity contribution in [2.45, 2.75) is 6.42 Å². The van der Waals surface area contributed by atoms with Crippen LogP contribution in [0.5, 0.6) is 0 Å². The van der Waals surface area contributed by atoms with Crippen LogP contribution in [-0.2, 0) is 6.42 Å². The Bertz CT molecular complexity index is 462. The molecule has 15 heavy (non-hydrogen) atoms. The Kier molecular flexibility index (Phi) is 2.24. The van der Waals surface area contributed by atoms with Crippen LogP contribution >= 0.6 is 0 Å². The highest BCUT2D eigenvalue weighted by Crippen LogP contribution is 2.08. The standard InChI is InChI=1S/C9H10FN5/c10-7-3-1-6(2-4-7)5-8-13-14-9(11)15(8)12/h1-4H,5,12H2,(H2,11,14). The van der Waals surface area contributed by atoms with Crippen LogP contribution in [-0.4, -0.2) is 14.9 Å². The summed E-state index contributed by atoms with van der Waals surface area (Å²) in [6.07, 6.45) is 0.473. The minimum atomic E-state index is -0.271. The van der Waals surface area contributed by atoms with E-state index < -0.39 is 0 Å². The molecule has 1 aromatic carbocycles. The molecule has 0 saturated carbocycles. The summed E-state index contributed by atoms with van der Waals surface area (Å²) in [5.41, 5.74) is 6.32. The van der Waals surface area contributed by atoms with Crippen molar-refractivity contribution in [3.63, 3.8) is 0 Å². The van der Waals surface area contributed by atoms with Crippen LogP contribution in [0.4, 0.5) is 10.3 Å². The molecule has 2 rings (SSSR count). The van der Waals surface area contributed by atoms with E-state index in [1.807, 2.05) is 0 Å². The molecule has 6 heteroatoms. The normalized spacial score (nSPS) is 10.5. The van der Waals surface area contributed by atoms with Crippen molar-refractivity contribution >= 4 is 5.95 Å². The Labute approximate surface area is 85.5 Å². The molecule has 5 nitrogen and oxygen atoms in total. The van der Waals surface area contributed by atoms with Gasteiger partial charge in [0.1, 0.15) is 5.82 Å². The van der Waals surface area contributed by atoms with E-state index in [1.54, 1.807) is 12.1 Å². The third-order valence-corrected chi connectivity index (χ3v) is 2.07. The number of anilines is 1. The summed E-state index contributed by atoms with van der Waals surface area (Å²) in [6, 6.07) is 6.10. The van der Waals surface area contributed by atoms with Gasteiger partial charge in [0.25, 0.3) is 0 Å². The van der Waals surface area contributed by atoms with Crippen molar-refractivity contribution in [1.29, 1.82) is 0 Å². The maximum absolute atomic E-state index is 12.6. The Balaban J connectivity index is 2.22. The average Bonchev–Trinajstić information content (AvgIpc) is 2.53. The number of hydrogen-bond acceptors (Lipinski definition) is 4. The number of aromatic nitrogens is 3. The number of hydrogen-bond donors (Lipinski definition) is 2. The van der Waals surface area contributed by atoms with Crippen LogP contribution in [0.15, 0.2) is 24.3 Å². The Morgan fingerprint density at radius 2 is 1.87 bits per heavy atom. The van der Waals surface area contributed by atoms with Crippen LogP contribution in [0, 0.1) is 5.82 Å². The molecule has 1 heterocycles. The molecule has 0 amide bonds. The van der Waals surface area contributed by atoms with E-state index in [-0.39, 0.29) is 11.8 Å². The first-order valence-electron chi connectivity index (χ1n) is 4.36. The van der Waals surface area contributed by atoms with Crippen molar-refractivity contribution in [2.75, 3.05) is 11.6 Å². The molecule has 0 saturated heterocycles. The number of halogens is 1. The van der Waals surface area contributed by atoms with Gasteiger partial charge in [0.05, 0.1) is 0 Å². The topological polar surface area (TPSA) is 82.8 Å².